The summed E-state index contributed by atoms with van der Waals surface area (Å²) in [4.78, 5) is 7.05. The lowest BCUT2D eigenvalue weighted by molar-refractivity contribution is 0.375. The Morgan fingerprint density at radius 2 is 2.22 bits per heavy atom. The zero-order valence-electron chi connectivity index (χ0n) is 12.2. The topological polar surface area (TPSA) is 27.6 Å². The number of rotatable bonds is 3. The monoisotopic (exact) mass is 269 g/mol. The summed E-state index contributed by atoms with van der Waals surface area (Å²) in [7, 11) is 2.21. The molecule has 2 atom stereocenters. The van der Waals surface area contributed by atoms with Crippen molar-refractivity contribution in [1.29, 1.82) is 0 Å². The molecule has 0 aromatic rings. The van der Waals surface area contributed by atoms with Crippen LogP contribution in [0.1, 0.15) is 33.6 Å². The van der Waals surface area contributed by atoms with Crippen LogP contribution >= 0.6 is 11.8 Å². The smallest absolute Gasteiger partial charge is 0.156 e. The van der Waals surface area contributed by atoms with Gasteiger partial charge in [-0.3, -0.25) is 4.99 Å². The van der Waals surface area contributed by atoms with Gasteiger partial charge in [0, 0.05) is 18.3 Å². The second-order valence-electron chi connectivity index (χ2n) is 6.95. The van der Waals surface area contributed by atoms with Gasteiger partial charge in [0.1, 0.15) is 0 Å². The lowest BCUT2D eigenvalue weighted by Gasteiger charge is -2.21. The first-order chi connectivity index (χ1) is 8.42. The maximum absolute atomic E-state index is 4.64. The highest BCUT2D eigenvalue weighted by molar-refractivity contribution is 8.14. The quantitative estimate of drug-likeness (QED) is 0.853. The molecule has 0 bridgehead atoms. The van der Waals surface area contributed by atoms with Crippen LogP contribution in [0.4, 0.5) is 0 Å². The van der Waals surface area contributed by atoms with Gasteiger partial charge in [0.05, 0.1) is 6.54 Å². The second-order valence-corrected chi connectivity index (χ2v) is 8.24. The molecule has 2 aliphatic rings. The Balaban J connectivity index is 1.66. The predicted octanol–water partition coefficient (Wildman–Crippen LogP) is 2.44. The number of amidine groups is 1. The molecule has 0 saturated carbocycles. The van der Waals surface area contributed by atoms with Gasteiger partial charge in [-0.2, -0.15) is 0 Å². The molecule has 0 aromatic heterocycles. The van der Waals surface area contributed by atoms with Crippen molar-refractivity contribution < 1.29 is 0 Å². The molecule has 1 N–H and O–H groups in total. The van der Waals surface area contributed by atoms with Gasteiger partial charge in [-0.25, -0.2) is 0 Å². The standard InChI is InChI=1S/C14H27N3S/c1-14(2,3)7-12-9-16-13(18-12)15-8-11-5-6-17(4)10-11/h11-12H,5-10H2,1-4H3,(H,15,16). The van der Waals surface area contributed by atoms with Gasteiger partial charge in [0.25, 0.3) is 0 Å². The Hall–Kier alpha value is -0.220. The molecular formula is C14H27N3S. The minimum absolute atomic E-state index is 0.413. The maximum Gasteiger partial charge on any atom is 0.156 e. The third-order valence-corrected chi connectivity index (χ3v) is 4.73. The van der Waals surface area contributed by atoms with Crippen LogP contribution in [0, 0.1) is 11.3 Å². The number of hydrogen-bond donors (Lipinski definition) is 1. The molecule has 4 heteroatoms. The fourth-order valence-corrected chi connectivity index (χ4v) is 4.09. The van der Waals surface area contributed by atoms with Crippen LogP contribution in [0.3, 0.4) is 0 Å². The Morgan fingerprint density at radius 1 is 1.44 bits per heavy atom. The molecule has 2 rings (SSSR count). The van der Waals surface area contributed by atoms with Crippen LogP contribution in [0.2, 0.25) is 0 Å². The van der Waals surface area contributed by atoms with E-state index in [1.54, 1.807) is 0 Å². The second kappa shape index (κ2) is 5.83. The maximum atomic E-state index is 4.64. The van der Waals surface area contributed by atoms with Crippen LogP contribution in [0.25, 0.3) is 0 Å². The van der Waals surface area contributed by atoms with Gasteiger partial charge < -0.3 is 10.2 Å². The van der Waals surface area contributed by atoms with Crippen LogP contribution in [-0.4, -0.2) is 48.5 Å². The van der Waals surface area contributed by atoms with Gasteiger partial charge in [0.2, 0.25) is 0 Å². The largest absolute Gasteiger partial charge is 0.365 e. The minimum atomic E-state index is 0.413. The molecule has 2 unspecified atom stereocenters. The molecule has 1 fully saturated rings. The summed E-state index contributed by atoms with van der Waals surface area (Å²) in [5.74, 6) is 0.806. The van der Waals surface area contributed by atoms with E-state index >= 15 is 0 Å². The zero-order valence-corrected chi connectivity index (χ0v) is 13.0. The van der Waals surface area contributed by atoms with Crippen molar-refractivity contribution >= 4 is 16.9 Å². The van der Waals surface area contributed by atoms with E-state index in [0.29, 0.717) is 10.7 Å². The van der Waals surface area contributed by atoms with Gasteiger partial charge in [-0.05, 0) is 37.8 Å². The first-order valence-electron chi connectivity index (χ1n) is 7.06. The summed E-state index contributed by atoms with van der Waals surface area (Å²) >= 11 is 1.95. The van der Waals surface area contributed by atoms with Crippen LogP contribution < -0.4 is 5.32 Å². The third kappa shape index (κ3) is 4.47. The summed E-state index contributed by atoms with van der Waals surface area (Å²) in [6.45, 7) is 11.5. The van der Waals surface area contributed by atoms with Crippen molar-refractivity contribution in [3.05, 3.63) is 0 Å². The molecular weight excluding hydrogens is 242 g/mol. The molecule has 0 amide bonds. The molecule has 0 radical (unpaired) electrons. The van der Waals surface area contributed by atoms with Gasteiger partial charge in [-0.1, -0.05) is 32.5 Å². The van der Waals surface area contributed by atoms with E-state index in [0.717, 1.165) is 19.0 Å². The van der Waals surface area contributed by atoms with Crippen molar-refractivity contribution in [1.82, 2.24) is 10.2 Å². The van der Waals surface area contributed by atoms with Crippen LogP contribution in [-0.2, 0) is 0 Å². The van der Waals surface area contributed by atoms with Crippen molar-refractivity contribution in [3.63, 3.8) is 0 Å². The first-order valence-corrected chi connectivity index (χ1v) is 7.94. The molecule has 3 nitrogen and oxygen atoms in total. The normalized spacial score (nSPS) is 29.7. The molecule has 0 aromatic carbocycles. The summed E-state index contributed by atoms with van der Waals surface area (Å²) in [6, 6.07) is 0. The zero-order chi connectivity index (χ0) is 13.2. The lowest BCUT2D eigenvalue weighted by atomic mass is 9.90. The van der Waals surface area contributed by atoms with E-state index in [9.17, 15) is 0 Å². The van der Waals surface area contributed by atoms with E-state index in [1.165, 1.54) is 31.1 Å². The van der Waals surface area contributed by atoms with Crippen molar-refractivity contribution in [2.75, 3.05) is 33.2 Å². The molecule has 1 saturated heterocycles. The van der Waals surface area contributed by atoms with Gasteiger partial charge in [-0.15, -0.1) is 0 Å². The van der Waals surface area contributed by atoms with E-state index in [1.807, 2.05) is 11.8 Å². The average Bonchev–Trinajstić information content (AvgIpc) is 2.82. The molecule has 0 spiro atoms. The van der Waals surface area contributed by atoms with E-state index in [2.05, 4.69) is 43.0 Å². The average molecular weight is 269 g/mol. The van der Waals surface area contributed by atoms with Gasteiger partial charge >= 0.3 is 0 Å². The number of hydrogen-bond acceptors (Lipinski definition) is 4. The van der Waals surface area contributed by atoms with Crippen LogP contribution in [0.5, 0.6) is 0 Å². The Kier molecular flexibility index (Phi) is 4.59. The fourth-order valence-electron chi connectivity index (χ4n) is 2.73. The Morgan fingerprint density at radius 3 is 2.83 bits per heavy atom. The third-order valence-electron chi connectivity index (χ3n) is 3.59. The van der Waals surface area contributed by atoms with E-state index < -0.39 is 0 Å². The highest BCUT2D eigenvalue weighted by Crippen LogP contribution is 2.31. The summed E-state index contributed by atoms with van der Waals surface area (Å²) < 4.78 is 0. The SMILES string of the molecule is CN1CCC(CNC2=NCC(CC(C)(C)C)S2)C1. The Labute approximate surface area is 116 Å². The molecule has 104 valence electrons. The Bertz CT molecular complexity index is 309. The minimum Gasteiger partial charge on any atom is -0.365 e. The summed E-state index contributed by atoms with van der Waals surface area (Å²) in [5, 5.41) is 5.40. The van der Waals surface area contributed by atoms with Crippen molar-refractivity contribution in [2.24, 2.45) is 16.3 Å². The van der Waals surface area contributed by atoms with Gasteiger partial charge in [0.15, 0.2) is 5.17 Å². The molecule has 2 aliphatic heterocycles. The van der Waals surface area contributed by atoms with Crippen molar-refractivity contribution in [2.45, 2.75) is 38.9 Å². The highest BCUT2D eigenvalue weighted by Gasteiger charge is 2.26. The van der Waals surface area contributed by atoms with Crippen molar-refractivity contribution in [3.8, 4) is 0 Å². The van der Waals surface area contributed by atoms with E-state index in [4.69, 9.17) is 0 Å². The number of aliphatic imine (C=N–C) groups is 1. The first kappa shape index (κ1) is 14.2. The summed E-state index contributed by atoms with van der Waals surface area (Å²) in [6.07, 6.45) is 2.57. The predicted molar refractivity (Wildman–Crippen MR) is 81.4 cm³/mol. The molecule has 18 heavy (non-hydrogen) atoms. The number of nitrogens with zero attached hydrogens (tertiary/aromatic N) is 2. The number of nitrogens with one attached hydrogen (secondary N) is 1. The summed E-state index contributed by atoms with van der Waals surface area (Å²) in [5.41, 5.74) is 0.413. The number of thioether (sulfide) groups is 1. The van der Waals surface area contributed by atoms with Crippen LogP contribution in [0.15, 0.2) is 4.99 Å². The molecule has 2 heterocycles. The number of likely N-dealkylation sites (tertiary alicyclic amines) is 1. The fraction of sp³-hybridized carbons (Fsp3) is 0.929. The highest BCUT2D eigenvalue weighted by atomic mass is 32.2. The van der Waals surface area contributed by atoms with E-state index in [-0.39, 0.29) is 0 Å². The molecule has 0 aliphatic carbocycles. The lowest BCUT2D eigenvalue weighted by Crippen LogP contribution is -2.28.